The van der Waals surface area contributed by atoms with Crippen LogP contribution >= 0.6 is 23.1 Å². The van der Waals surface area contributed by atoms with Gasteiger partial charge in [-0.3, -0.25) is 4.79 Å². The molecule has 0 radical (unpaired) electrons. The third kappa shape index (κ3) is 5.80. The van der Waals surface area contributed by atoms with E-state index in [-0.39, 0.29) is 11.2 Å². The topological polar surface area (TPSA) is 66.9 Å². The summed E-state index contributed by atoms with van der Waals surface area (Å²) in [6, 6.07) is 18.1. The van der Waals surface area contributed by atoms with Gasteiger partial charge in [0.05, 0.1) is 5.25 Å². The minimum Gasteiger partial charge on any atom is -0.356 e. The van der Waals surface area contributed by atoms with E-state index in [0.717, 1.165) is 21.6 Å². The number of nitrogens with one attached hydrogen (secondary N) is 2. The van der Waals surface area contributed by atoms with Crippen LogP contribution in [-0.2, 0) is 17.8 Å². The zero-order chi connectivity index (χ0) is 19.1. The van der Waals surface area contributed by atoms with Crippen LogP contribution in [0.3, 0.4) is 0 Å². The van der Waals surface area contributed by atoms with Gasteiger partial charge in [0.2, 0.25) is 11.0 Å². The Kier molecular flexibility index (Phi) is 6.84. The zero-order valence-electron chi connectivity index (χ0n) is 15.3. The lowest BCUT2D eigenvalue weighted by atomic mass is 10.1. The number of hydrogen-bond donors (Lipinski definition) is 2. The standard InChI is InChI=1S/C20H22N4OS2/c1-3-15-9-11-17(12-10-15)22-18(25)14(2)26-20-24-23-19(27-20)21-13-16-7-5-4-6-8-16/h4-12,14H,3,13H2,1-2H3,(H,21,23)(H,22,25)/t14-/m1/s1. The molecule has 0 bridgehead atoms. The van der Waals surface area contributed by atoms with Crippen LogP contribution in [0.4, 0.5) is 10.8 Å². The molecule has 7 heteroatoms. The molecule has 140 valence electrons. The molecule has 0 aliphatic heterocycles. The molecular weight excluding hydrogens is 376 g/mol. The van der Waals surface area contributed by atoms with E-state index in [1.807, 2.05) is 49.4 Å². The number of amides is 1. The van der Waals surface area contributed by atoms with Crippen LogP contribution in [0.1, 0.15) is 25.0 Å². The lowest BCUT2D eigenvalue weighted by molar-refractivity contribution is -0.115. The summed E-state index contributed by atoms with van der Waals surface area (Å²) in [6.45, 7) is 4.68. The van der Waals surface area contributed by atoms with Gasteiger partial charge >= 0.3 is 0 Å². The zero-order valence-corrected chi connectivity index (χ0v) is 16.9. The molecule has 0 spiro atoms. The lowest BCUT2D eigenvalue weighted by Crippen LogP contribution is -2.22. The molecule has 3 aromatic rings. The molecule has 1 atom stereocenters. The van der Waals surface area contributed by atoms with Crippen molar-refractivity contribution in [2.24, 2.45) is 0 Å². The number of benzene rings is 2. The number of hydrogen-bond acceptors (Lipinski definition) is 6. The molecule has 1 amide bonds. The quantitative estimate of drug-likeness (QED) is 0.532. The first kappa shape index (κ1) is 19.4. The van der Waals surface area contributed by atoms with Crippen molar-refractivity contribution in [1.82, 2.24) is 10.2 Å². The van der Waals surface area contributed by atoms with Gasteiger partial charge in [-0.25, -0.2) is 0 Å². The summed E-state index contributed by atoms with van der Waals surface area (Å²) in [7, 11) is 0. The predicted octanol–water partition coefficient (Wildman–Crippen LogP) is 4.83. The van der Waals surface area contributed by atoms with E-state index < -0.39 is 0 Å². The number of carbonyl (C=O) groups is 1. The Labute approximate surface area is 167 Å². The number of anilines is 2. The smallest absolute Gasteiger partial charge is 0.237 e. The second kappa shape index (κ2) is 9.53. The van der Waals surface area contributed by atoms with Crippen LogP contribution in [0.2, 0.25) is 0 Å². The summed E-state index contributed by atoms with van der Waals surface area (Å²) in [4.78, 5) is 12.4. The molecule has 5 nitrogen and oxygen atoms in total. The molecular formula is C20H22N4OS2. The number of rotatable bonds is 8. The Hall–Kier alpha value is -2.38. The van der Waals surface area contributed by atoms with Gasteiger partial charge in [0.15, 0.2) is 4.34 Å². The van der Waals surface area contributed by atoms with E-state index in [1.165, 1.54) is 34.2 Å². The van der Waals surface area contributed by atoms with Gasteiger partial charge in [-0.05, 0) is 36.6 Å². The summed E-state index contributed by atoms with van der Waals surface area (Å²) in [5.41, 5.74) is 3.25. The Bertz CT molecular complexity index is 865. The first-order valence-electron chi connectivity index (χ1n) is 8.82. The number of aryl methyl sites for hydroxylation is 1. The van der Waals surface area contributed by atoms with E-state index in [2.05, 4.69) is 39.9 Å². The van der Waals surface area contributed by atoms with E-state index >= 15 is 0 Å². The lowest BCUT2D eigenvalue weighted by Gasteiger charge is -2.10. The molecule has 2 aromatic carbocycles. The molecule has 0 aliphatic carbocycles. The largest absolute Gasteiger partial charge is 0.356 e. The fourth-order valence-electron chi connectivity index (χ4n) is 2.37. The third-order valence-corrected chi connectivity index (χ3v) is 6.03. The minimum absolute atomic E-state index is 0.0433. The fraction of sp³-hybridized carbons (Fsp3) is 0.250. The van der Waals surface area contributed by atoms with Gasteiger partial charge in [-0.2, -0.15) is 0 Å². The van der Waals surface area contributed by atoms with Gasteiger partial charge < -0.3 is 10.6 Å². The maximum atomic E-state index is 12.4. The van der Waals surface area contributed by atoms with Gasteiger partial charge in [0, 0.05) is 12.2 Å². The Morgan fingerprint density at radius 2 is 1.81 bits per heavy atom. The predicted molar refractivity (Wildman–Crippen MR) is 113 cm³/mol. The average Bonchev–Trinajstić information content (AvgIpc) is 3.15. The van der Waals surface area contributed by atoms with Crippen LogP contribution in [0.15, 0.2) is 58.9 Å². The molecule has 0 saturated carbocycles. The second-order valence-corrected chi connectivity index (χ2v) is 8.58. The highest BCUT2D eigenvalue weighted by molar-refractivity contribution is 8.02. The van der Waals surface area contributed by atoms with Gasteiger partial charge in [-0.15, -0.1) is 10.2 Å². The normalized spacial score (nSPS) is 11.8. The van der Waals surface area contributed by atoms with Crippen molar-refractivity contribution in [1.29, 1.82) is 0 Å². The Balaban J connectivity index is 1.50. The van der Waals surface area contributed by atoms with Crippen LogP contribution in [0.5, 0.6) is 0 Å². The summed E-state index contributed by atoms with van der Waals surface area (Å²) in [5.74, 6) is -0.0433. The summed E-state index contributed by atoms with van der Waals surface area (Å²) in [5, 5.41) is 15.0. The van der Waals surface area contributed by atoms with Crippen molar-refractivity contribution in [3.8, 4) is 0 Å². The molecule has 1 heterocycles. The van der Waals surface area contributed by atoms with E-state index in [4.69, 9.17) is 0 Å². The molecule has 0 aliphatic rings. The summed E-state index contributed by atoms with van der Waals surface area (Å²) >= 11 is 2.87. The second-order valence-electron chi connectivity index (χ2n) is 6.01. The van der Waals surface area contributed by atoms with Crippen LogP contribution < -0.4 is 10.6 Å². The maximum Gasteiger partial charge on any atom is 0.237 e. The number of thioether (sulfide) groups is 1. The third-order valence-electron chi connectivity index (χ3n) is 3.97. The minimum atomic E-state index is -0.259. The highest BCUT2D eigenvalue weighted by Crippen LogP contribution is 2.29. The monoisotopic (exact) mass is 398 g/mol. The molecule has 2 N–H and O–H groups in total. The highest BCUT2D eigenvalue weighted by atomic mass is 32.2. The Morgan fingerprint density at radius 3 is 2.52 bits per heavy atom. The van der Waals surface area contributed by atoms with Gasteiger partial charge in [-0.1, -0.05) is 72.5 Å². The van der Waals surface area contributed by atoms with Crippen molar-refractivity contribution in [3.63, 3.8) is 0 Å². The molecule has 3 rings (SSSR count). The van der Waals surface area contributed by atoms with Crippen LogP contribution in [-0.4, -0.2) is 21.4 Å². The van der Waals surface area contributed by atoms with Crippen molar-refractivity contribution in [3.05, 3.63) is 65.7 Å². The SMILES string of the molecule is CCc1ccc(NC(=O)[C@@H](C)Sc2nnc(NCc3ccccc3)s2)cc1. The molecule has 0 unspecified atom stereocenters. The molecule has 27 heavy (non-hydrogen) atoms. The van der Waals surface area contributed by atoms with E-state index in [1.54, 1.807) is 0 Å². The van der Waals surface area contributed by atoms with Crippen LogP contribution in [0.25, 0.3) is 0 Å². The van der Waals surface area contributed by atoms with Gasteiger partial charge in [0.25, 0.3) is 0 Å². The van der Waals surface area contributed by atoms with Crippen molar-refractivity contribution in [2.45, 2.75) is 36.4 Å². The first-order valence-corrected chi connectivity index (χ1v) is 10.5. The first-order chi connectivity index (χ1) is 13.1. The van der Waals surface area contributed by atoms with Crippen molar-refractivity contribution >= 4 is 39.8 Å². The summed E-state index contributed by atoms with van der Waals surface area (Å²) in [6.07, 6.45) is 0.984. The fourth-order valence-corrected chi connectivity index (χ4v) is 4.27. The number of aromatic nitrogens is 2. The molecule has 0 saturated heterocycles. The number of carbonyl (C=O) groups excluding carboxylic acids is 1. The molecule has 1 aromatic heterocycles. The average molecular weight is 399 g/mol. The van der Waals surface area contributed by atoms with E-state index in [0.29, 0.717) is 6.54 Å². The highest BCUT2D eigenvalue weighted by Gasteiger charge is 2.17. The van der Waals surface area contributed by atoms with Crippen molar-refractivity contribution < 1.29 is 4.79 Å². The molecule has 0 fully saturated rings. The summed E-state index contributed by atoms with van der Waals surface area (Å²) < 4.78 is 0.773. The maximum absolute atomic E-state index is 12.4. The Morgan fingerprint density at radius 1 is 1.07 bits per heavy atom. The van der Waals surface area contributed by atoms with Crippen molar-refractivity contribution in [2.75, 3.05) is 10.6 Å². The van der Waals surface area contributed by atoms with E-state index in [9.17, 15) is 4.79 Å². The van der Waals surface area contributed by atoms with Crippen LogP contribution in [0, 0.1) is 0 Å². The van der Waals surface area contributed by atoms with Gasteiger partial charge in [0.1, 0.15) is 0 Å². The number of nitrogens with zero attached hydrogens (tertiary/aromatic N) is 2.